The van der Waals surface area contributed by atoms with Crippen molar-refractivity contribution in [3.8, 4) is 0 Å². The van der Waals surface area contributed by atoms with E-state index in [2.05, 4.69) is 0 Å². The summed E-state index contributed by atoms with van der Waals surface area (Å²) in [6.07, 6.45) is 2.61. The van der Waals surface area contributed by atoms with Gasteiger partial charge < -0.3 is 10.5 Å². The van der Waals surface area contributed by atoms with E-state index in [0.29, 0.717) is 6.42 Å². The Morgan fingerprint density at radius 2 is 2.00 bits per heavy atom. The molecule has 3 nitrogen and oxygen atoms in total. The predicted molar refractivity (Wildman–Crippen MR) is 53.0 cm³/mol. The Bertz CT molecular complexity index is 197. The topological polar surface area (TPSA) is 52.3 Å². The van der Waals surface area contributed by atoms with E-state index < -0.39 is 0 Å². The van der Waals surface area contributed by atoms with Gasteiger partial charge in [-0.15, -0.1) is 0 Å². The summed E-state index contributed by atoms with van der Waals surface area (Å²) in [7, 11) is 0. The third-order valence-corrected chi connectivity index (χ3v) is 1.70. The fraction of sp³-hybridized carbons (Fsp3) is 0.700. The minimum absolute atomic E-state index is 0.145. The third kappa shape index (κ3) is 5.28. The monoisotopic (exact) mass is 185 g/mol. The van der Waals surface area contributed by atoms with Gasteiger partial charge in [0.2, 0.25) is 5.91 Å². The molecule has 0 rings (SSSR count). The molecule has 0 aromatic rings. The number of nitrogens with two attached hydrogens (primary N) is 1. The zero-order valence-electron chi connectivity index (χ0n) is 8.83. The van der Waals surface area contributed by atoms with Crippen LogP contribution in [0.15, 0.2) is 11.8 Å². The van der Waals surface area contributed by atoms with Gasteiger partial charge >= 0.3 is 0 Å². The lowest BCUT2D eigenvalue weighted by molar-refractivity contribution is -0.121. The lowest BCUT2D eigenvalue weighted by atomic mass is 10.1. The number of hydrogen-bond donors (Lipinski definition) is 1. The Morgan fingerprint density at radius 1 is 1.46 bits per heavy atom. The number of allylic oxidation sites excluding steroid dienone is 2. The second-order valence-electron chi connectivity index (χ2n) is 3.43. The molecule has 0 saturated carbocycles. The number of amides is 1. The molecule has 0 saturated heterocycles. The van der Waals surface area contributed by atoms with Crippen LogP contribution in [0.3, 0.4) is 0 Å². The highest BCUT2D eigenvalue weighted by molar-refractivity contribution is 5.76. The minimum atomic E-state index is -0.285. The highest BCUT2D eigenvalue weighted by Gasteiger charge is 2.12. The molecule has 0 aliphatic rings. The lowest BCUT2D eigenvalue weighted by Crippen LogP contribution is -2.21. The molecule has 0 heterocycles. The van der Waals surface area contributed by atoms with Crippen molar-refractivity contribution in [3.63, 3.8) is 0 Å². The molecule has 3 heteroatoms. The van der Waals surface area contributed by atoms with Crippen molar-refractivity contribution in [3.05, 3.63) is 11.8 Å². The summed E-state index contributed by atoms with van der Waals surface area (Å²) in [5.41, 5.74) is 5.15. The molecule has 0 bridgehead atoms. The number of rotatable bonds is 5. The molecular formula is C10H19NO2. The van der Waals surface area contributed by atoms with Gasteiger partial charge in [0.1, 0.15) is 0 Å². The molecule has 0 fully saturated rings. The van der Waals surface area contributed by atoms with Crippen LogP contribution in [0.25, 0.3) is 0 Å². The van der Waals surface area contributed by atoms with Crippen LogP contribution in [0.1, 0.15) is 34.1 Å². The molecule has 0 aliphatic carbocycles. The van der Waals surface area contributed by atoms with E-state index in [-0.39, 0.29) is 17.9 Å². The van der Waals surface area contributed by atoms with Crippen molar-refractivity contribution >= 4 is 5.91 Å². The van der Waals surface area contributed by atoms with Crippen LogP contribution in [0.2, 0.25) is 0 Å². The Labute approximate surface area is 79.9 Å². The number of ether oxygens (including phenoxy) is 1. The molecule has 13 heavy (non-hydrogen) atoms. The maximum absolute atomic E-state index is 10.8. The maximum Gasteiger partial charge on any atom is 0.220 e. The van der Waals surface area contributed by atoms with Gasteiger partial charge in [-0.2, -0.15) is 0 Å². The first-order valence-corrected chi connectivity index (χ1v) is 4.58. The van der Waals surface area contributed by atoms with E-state index >= 15 is 0 Å². The summed E-state index contributed by atoms with van der Waals surface area (Å²) in [5.74, 6) is 0.387. The van der Waals surface area contributed by atoms with Crippen molar-refractivity contribution in [2.45, 2.75) is 40.2 Å². The van der Waals surface area contributed by atoms with E-state index in [0.717, 1.165) is 5.76 Å². The van der Waals surface area contributed by atoms with E-state index in [1.54, 1.807) is 6.92 Å². The smallest absolute Gasteiger partial charge is 0.220 e. The standard InChI is InChI=1S/C10H19NO2/c1-5-9(13-7(2)3)6-8(4)10(11)12/h5,7-8H,6H2,1-4H3,(H2,11,12)/b9-5+. The Morgan fingerprint density at radius 3 is 2.31 bits per heavy atom. The van der Waals surface area contributed by atoms with Gasteiger partial charge in [-0.25, -0.2) is 0 Å². The van der Waals surface area contributed by atoms with Crippen LogP contribution in [0.5, 0.6) is 0 Å². The Kier molecular flexibility index (Phi) is 5.19. The molecule has 0 aromatic carbocycles. The summed E-state index contributed by atoms with van der Waals surface area (Å²) < 4.78 is 5.47. The van der Waals surface area contributed by atoms with E-state index in [4.69, 9.17) is 10.5 Å². The largest absolute Gasteiger partial charge is 0.496 e. The summed E-state index contributed by atoms with van der Waals surface area (Å²) in [6, 6.07) is 0. The highest BCUT2D eigenvalue weighted by Crippen LogP contribution is 2.13. The first-order valence-electron chi connectivity index (χ1n) is 4.58. The maximum atomic E-state index is 10.8. The van der Waals surface area contributed by atoms with Crippen LogP contribution in [-0.2, 0) is 9.53 Å². The van der Waals surface area contributed by atoms with Crippen molar-refractivity contribution in [1.29, 1.82) is 0 Å². The molecule has 1 atom stereocenters. The molecule has 0 radical (unpaired) electrons. The second-order valence-corrected chi connectivity index (χ2v) is 3.43. The first kappa shape index (κ1) is 12.0. The molecular weight excluding hydrogens is 166 g/mol. The third-order valence-electron chi connectivity index (χ3n) is 1.70. The van der Waals surface area contributed by atoms with E-state index in [1.165, 1.54) is 0 Å². The molecule has 0 aliphatic heterocycles. The highest BCUT2D eigenvalue weighted by atomic mass is 16.5. The van der Waals surface area contributed by atoms with Gasteiger partial charge in [0, 0.05) is 12.3 Å². The van der Waals surface area contributed by atoms with E-state index in [1.807, 2.05) is 26.8 Å². The average Bonchev–Trinajstić information content (AvgIpc) is 2.02. The fourth-order valence-electron chi connectivity index (χ4n) is 0.939. The van der Waals surface area contributed by atoms with Crippen LogP contribution in [-0.4, -0.2) is 12.0 Å². The molecule has 1 unspecified atom stereocenters. The van der Waals surface area contributed by atoms with Crippen molar-refractivity contribution < 1.29 is 9.53 Å². The van der Waals surface area contributed by atoms with Crippen molar-refractivity contribution in [1.82, 2.24) is 0 Å². The van der Waals surface area contributed by atoms with Crippen LogP contribution < -0.4 is 5.73 Å². The lowest BCUT2D eigenvalue weighted by Gasteiger charge is -2.15. The van der Waals surface area contributed by atoms with Crippen LogP contribution >= 0.6 is 0 Å². The zero-order valence-corrected chi connectivity index (χ0v) is 8.83. The first-order chi connectivity index (χ1) is 5.97. The van der Waals surface area contributed by atoms with Gasteiger partial charge in [-0.3, -0.25) is 4.79 Å². The molecule has 0 aromatic heterocycles. The van der Waals surface area contributed by atoms with Crippen molar-refractivity contribution in [2.75, 3.05) is 0 Å². The zero-order chi connectivity index (χ0) is 10.4. The average molecular weight is 185 g/mol. The molecule has 0 spiro atoms. The number of carbonyl (C=O) groups is 1. The molecule has 76 valence electrons. The quantitative estimate of drug-likeness (QED) is 0.664. The summed E-state index contributed by atoms with van der Waals surface area (Å²) in [5, 5.41) is 0. The summed E-state index contributed by atoms with van der Waals surface area (Å²) >= 11 is 0. The number of primary amides is 1. The predicted octanol–water partition coefficient (Wildman–Crippen LogP) is 1.83. The molecule has 2 N–H and O–H groups in total. The van der Waals surface area contributed by atoms with Gasteiger partial charge in [0.05, 0.1) is 11.9 Å². The van der Waals surface area contributed by atoms with E-state index in [9.17, 15) is 4.79 Å². The summed E-state index contributed by atoms with van der Waals surface area (Å²) in [6.45, 7) is 7.61. The SMILES string of the molecule is C/C=C(\CC(C)C(N)=O)OC(C)C. The van der Waals surface area contributed by atoms with Gasteiger partial charge in [-0.05, 0) is 26.8 Å². The Balaban J connectivity index is 4.07. The molecule has 1 amide bonds. The van der Waals surface area contributed by atoms with Crippen LogP contribution in [0, 0.1) is 5.92 Å². The van der Waals surface area contributed by atoms with Gasteiger partial charge in [-0.1, -0.05) is 6.92 Å². The van der Waals surface area contributed by atoms with Gasteiger partial charge in [0.25, 0.3) is 0 Å². The summed E-state index contributed by atoms with van der Waals surface area (Å²) in [4.78, 5) is 10.8. The van der Waals surface area contributed by atoms with Crippen LogP contribution in [0.4, 0.5) is 0 Å². The normalized spacial score (nSPS) is 14.4. The number of carbonyl (C=O) groups excluding carboxylic acids is 1. The Hall–Kier alpha value is -0.990. The fourth-order valence-corrected chi connectivity index (χ4v) is 0.939. The van der Waals surface area contributed by atoms with Crippen molar-refractivity contribution in [2.24, 2.45) is 11.7 Å². The number of hydrogen-bond acceptors (Lipinski definition) is 2. The van der Waals surface area contributed by atoms with Gasteiger partial charge in [0.15, 0.2) is 0 Å². The second kappa shape index (κ2) is 5.62. The minimum Gasteiger partial charge on any atom is -0.496 e.